The molecule has 8 heteroatoms. The lowest BCUT2D eigenvalue weighted by molar-refractivity contribution is -0.141. The molecule has 0 spiro atoms. The molecule has 2 saturated heterocycles. The molecule has 8 nitrogen and oxygen atoms in total. The van der Waals surface area contributed by atoms with E-state index >= 15 is 0 Å². The average Bonchev–Trinajstić information content (AvgIpc) is 3.10. The maximum absolute atomic E-state index is 12.5. The van der Waals surface area contributed by atoms with Crippen molar-refractivity contribution in [2.75, 3.05) is 40.0 Å². The number of piperidine rings is 1. The summed E-state index contributed by atoms with van der Waals surface area (Å²) in [5.74, 6) is 1.56. The van der Waals surface area contributed by atoms with E-state index < -0.39 is 0 Å². The van der Waals surface area contributed by atoms with E-state index in [0.717, 1.165) is 38.8 Å². The number of carbonyl (C=O) groups excluding carboxylic acids is 1. The van der Waals surface area contributed by atoms with Crippen LogP contribution >= 0.6 is 0 Å². The van der Waals surface area contributed by atoms with Crippen LogP contribution in [0.1, 0.15) is 37.4 Å². The Bertz CT molecular complexity index is 536. The Morgan fingerprint density at radius 3 is 2.72 bits per heavy atom. The minimum atomic E-state index is 0.144. The lowest BCUT2D eigenvalue weighted by atomic mass is 9.97. The molecule has 3 heterocycles. The van der Waals surface area contributed by atoms with Gasteiger partial charge in [-0.3, -0.25) is 4.79 Å². The quantitative estimate of drug-likeness (QED) is 0.728. The molecular formula is C17H27N3O5. The van der Waals surface area contributed by atoms with E-state index in [1.807, 2.05) is 4.90 Å². The largest absolute Gasteiger partial charge is 0.381 e. The number of amides is 1. The van der Waals surface area contributed by atoms with E-state index in [2.05, 4.69) is 10.1 Å². The fourth-order valence-electron chi connectivity index (χ4n) is 3.34. The third-order valence-corrected chi connectivity index (χ3v) is 4.78. The van der Waals surface area contributed by atoms with Crippen LogP contribution in [0.4, 0.5) is 0 Å². The number of ether oxygens (including phenoxy) is 3. The van der Waals surface area contributed by atoms with Crippen molar-refractivity contribution in [2.45, 2.75) is 44.8 Å². The van der Waals surface area contributed by atoms with Gasteiger partial charge in [-0.2, -0.15) is 4.98 Å². The highest BCUT2D eigenvalue weighted by molar-refractivity contribution is 5.79. The predicted molar refractivity (Wildman–Crippen MR) is 87.8 cm³/mol. The topological polar surface area (TPSA) is 86.9 Å². The van der Waals surface area contributed by atoms with Crippen molar-refractivity contribution in [1.29, 1.82) is 0 Å². The van der Waals surface area contributed by atoms with Crippen molar-refractivity contribution in [1.82, 2.24) is 15.0 Å². The summed E-state index contributed by atoms with van der Waals surface area (Å²) < 4.78 is 21.3. The van der Waals surface area contributed by atoms with Crippen LogP contribution in [0.25, 0.3) is 0 Å². The fourth-order valence-corrected chi connectivity index (χ4v) is 3.34. The van der Waals surface area contributed by atoms with Gasteiger partial charge in [-0.25, -0.2) is 0 Å². The number of carbonyl (C=O) groups is 1. The predicted octanol–water partition coefficient (Wildman–Crippen LogP) is 1.19. The summed E-state index contributed by atoms with van der Waals surface area (Å²) in [5, 5.41) is 3.90. The van der Waals surface area contributed by atoms with Gasteiger partial charge in [0.25, 0.3) is 5.89 Å². The van der Waals surface area contributed by atoms with Gasteiger partial charge >= 0.3 is 0 Å². The highest BCUT2D eigenvalue weighted by atomic mass is 16.5. The summed E-state index contributed by atoms with van der Waals surface area (Å²) >= 11 is 0. The molecule has 2 aliphatic heterocycles. The molecule has 140 valence electrons. The Kier molecular flexibility index (Phi) is 6.77. The highest BCUT2D eigenvalue weighted by Crippen LogP contribution is 2.21. The van der Waals surface area contributed by atoms with Crippen molar-refractivity contribution < 1.29 is 23.5 Å². The summed E-state index contributed by atoms with van der Waals surface area (Å²) in [7, 11) is 1.59. The van der Waals surface area contributed by atoms with Gasteiger partial charge in [-0.05, 0) is 25.7 Å². The van der Waals surface area contributed by atoms with Crippen molar-refractivity contribution in [2.24, 2.45) is 5.92 Å². The van der Waals surface area contributed by atoms with E-state index in [4.69, 9.17) is 18.7 Å². The van der Waals surface area contributed by atoms with Crippen LogP contribution in [0.15, 0.2) is 4.52 Å². The van der Waals surface area contributed by atoms with Crippen LogP contribution in [-0.4, -0.2) is 67.1 Å². The lowest BCUT2D eigenvalue weighted by Crippen LogP contribution is -2.44. The molecule has 0 unspecified atom stereocenters. The van der Waals surface area contributed by atoms with Crippen LogP contribution in [0, 0.1) is 5.92 Å². The van der Waals surface area contributed by atoms with Crippen LogP contribution in [0.2, 0.25) is 0 Å². The molecule has 0 saturated carbocycles. The molecule has 1 aromatic rings. The number of methoxy groups -OCH3 is 1. The molecule has 2 fully saturated rings. The van der Waals surface area contributed by atoms with E-state index in [9.17, 15) is 4.79 Å². The average molecular weight is 353 g/mol. The maximum Gasteiger partial charge on any atom is 0.252 e. The number of rotatable bonds is 7. The minimum absolute atomic E-state index is 0.144. The van der Waals surface area contributed by atoms with Crippen molar-refractivity contribution in [3.63, 3.8) is 0 Å². The van der Waals surface area contributed by atoms with Gasteiger partial charge in [0.2, 0.25) is 5.91 Å². The highest BCUT2D eigenvalue weighted by Gasteiger charge is 2.29. The number of hydrogen-bond donors (Lipinski definition) is 0. The minimum Gasteiger partial charge on any atom is -0.381 e. The van der Waals surface area contributed by atoms with E-state index in [1.54, 1.807) is 7.11 Å². The van der Waals surface area contributed by atoms with E-state index in [1.165, 1.54) is 0 Å². The van der Waals surface area contributed by atoms with Gasteiger partial charge in [0, 0.05) is 45.8 Å². The second-order valence-corrected chi connectivity index (χ2v) is 6.57. The summed E-state index contributed by atoms with van der Waals surface area (Å²) in [4.78, 5) is 18.7. The third kappa shape index (κ3) is 5.23. The Morgan fingerprint density at radius 1 is 1.24 bits per heavy atom. The number of aromatic nitrogens is 2. The monoisotopic (exact) mass is 353 g/mol. The van der Waals surface area contributed by atoms with Crippen molar-refractivity contribution in [3.8, 4) is 0 Å². The van der Waals surface area contributed by atoms with Crippen molar-refractivity contribution >= 4 is 5.91 Å². The molecular weight excluding hydrogens is 326 g/mol. The lowest BCUT2D eigenvalue weighted by Gasteiger charge is -2.35. The summed E-state index contributed by atoms with van der Waals surface area (Å²) in [6, 6.07) is 0. The van der Waals surface area contributed by atoms with E-state index in [0.29, 0.717) is 50.5 Å². The Labute approximate surface area is 147 Å². The van der Waals surface area contributed by atoms with Gasteiger partial charge in [-0.15, -0.1) is 0 Å². The van der Waals surface area contributed by atoms with Gasteiger partial charge in [0.05, 0.1) is 12.7 Å². The zero-order valence-electron chi connectivity index (χ0n) is 14.8. The molecule has 2 aliphatic rings. The van der Waals surface area contributed by atoms with Gasteiger partial charge < -0.3 is 23.6 Å². The molecule has 0 bridgehead atoms. The van der Waals surface area contributed by atoms with Crippen LogP contribution in [0.5, 0.6) is 0 Å². The Morgan fingerprint density at radius 2 is 2.00 bits per heavy atom. The maximum atomic E-state index is 12.5. The van der Waals surface area contributed by atoms with Crippen LogP contribution < -0.4 is 0 Å². The molecule has 0 aromatic carbocycles. The smallest absolute Gasteiger partial charge is 0.252 e. The molecule has 25 heavy (non-hydrogen) atoms. The molecule has 0 atom stereocenters. The van der Waals surface area contributed by atoms with Crippen molar-refractivity contribution in [3.05, 3.63) is 11.7 Å². The SMILES string of the molecule is COCc1nc(CCOC2CCN(C(=O)C3CCOCC3)CC2)no1. The molecule has 0 radical (unpaired) electrons. The second kappa shape index (κ2) is 9.26. The Hall–Kier alpha value is -1.51. The first-order chi connectivity index (χ1) is 12.3. The summed E-state index contributed by atoms with van der Waals surface area (Å²) in [5.41, 5.74) is 0. The molecule has 1 amide bonds. The summed E-state index contributed by atoms with van der Waals surface area (Å²) in [6.45, 7) is 3.86. The summed E-state index contributed by atoms with van der Waals surface area (Å²) in [6.07, 6.45) is 4.29. The first-order valence-corrected chi connectivity index (χ1v) is 9.05. The van der Waals surface area contributed by atoms with Gasteiger partial charge in [0.1, 0.15) is 6.61 Å². The third-order valence-electron chi connectivity index (χ3n) is 4.78. The van der Waals surface area contributed by atoms with Gasteiger partial charge in [0.15, 0.2) is 5.82 Å². The number of nitrogens with zero attached hydrogens (tertiary/aromatic N) is 3. The fraction of sp³-hybridized carbons (Fsp3) is 0.824. The molecule has 1 aromatic heterocycles. The van der Waals surface area contributed by atoms with Gasteiger partial charge in [-0.1, -0.05) is 5.16 Å². The zero-order chi connectivity index (χ0) is 17.5. The first kappa shape index (κ1) is 18.3. The number of likely N-dealkylation sites (tertiary alicyclic amines) is 1. The zero-order valence-corrected chi connectivity index (χ0v) is 14.8. The molecule has 0 aliphatic carbocycles. The van der Waals surface area contributed by atoms with Crippen LogP contribution in [-0.2, 0) is 32.0 Å². The number of hydrogen-bond acceptors (Lipinski definition) is 7. The molecule has 0 N–H and O–H groups in total. The normalized spacial score (nSPS) is 20.1. The first-order valence-electron chi connectivity index (χ1n) is 9.05. The molecule has 3 rings (SSSR count). The van der Waals surface area contributed by atoms with Crippen LogP contribution in [0.3, 0.4) is 0 Å². The second-order valence-electron chi connectivity index (χ2n) is 6.57. The Balaban J connectivity index is 1.34. The van der Waals surface area contributed by atoms with E-state index in [-0.39, 0.29) is 12.0 Å². The standard InChI is InChI=1S/C17H27N3O5/c1-22-12-16-18-15(19-25-16)6-11-24-14-2-7-20(8-3-14)17(21)13-4-9-23-10-5-13/h13-14H,2-12H2,1H3.